The minimum Gasteiger partial charge on any atom is -0.399 e. The summed E-state index contributed by atoms with van der Waals surface area (Å²) in [5, 5.41) is 0. The number of anilines is 1. The number of hydrogen-bond donors (Lipinski definition) is 1. The lowest BCUT2D eigenvalue weighted by Gasteiger charge is -2.06. The van der Waals surface area contributed by atoms with E-state index in [2.05, 4.69) is 4.98 Å². The van der Waals surface area contributed by atoms with Gasteiger partial charge in [-0.15, -0.1) is 0 Å². The van der Waals surface area contributed by atoms with Crippen molar-refractivity contribution in [3.63, 3.8) is 0 Å². The zero-order valence-corrected chi connectivity index (χ0v) is 6.30. The molecule has 2 N–H and O–H groups in total. The summed E-state index contributed by atoms with van der Waals surface area (Å²) in [5.41, 5.74) is 3.51. The second kappa shape index (κ2) is 3.04. The molecule has 0 spiro atoms. The Labute approximate surface area is 71.4 Å². The summed E-state index contributed by atoms with van der Waals surface area (Å²) < 4.78 is 36.2. The maximum Gasteiger partial charge on any atom is 0.433 e. The lowest BCUT2D eigenvalue weighted by atomic mass is 10.2. The second-order valence-electron chi connectivity index (χ2n) is 2.33. The van der Waals surface area contributed by atoms with Gasteiger partial charge in [-0.05, 0) is 12.1 Å². The van der Waals surface area contributed by atoms with Crippen LogP contribution in [0.25, 0.3) is 0 Å². The molecule has 0 unspecified atom stereocenters. The molecule has 0 fully saturated rings. The summed E-state index contributed by atoms with van der Waals surface area (Å²) in [6.45, 7) is 0. The molecule has 13 heavy (non-hydrogen) atoms. The fraction of sp³-hybridized carbons (Fsp3) is 0.143. The fourth-order valence-electron chi connectivity index (χ4n) is 0.780. The van der Waals surface area contributed by atoms with Gasteiger partial charge < -0.3 is 5.73 Å². The van der Waals surface area contributed by atoms with E-state index in [-0.39, 0.29) is 17.7 Å². The number of nitrogen functional groups attached to an aromatic ring is 1. The minimum atomic E-state index is -4.58. The van der Waals surface area contributed by atoms with Crippen LogP contribution in [0.15, 0.2) is 12.1 Å². The average Bonchev–Trinajstić information content (AvgIpc) is 2.01. The lowest BCUT2D eigenvalue weighted by Crippen LogP contribution is -2.10. The molecule has 0 aromatic carbocycles. The standard InChI is InChI=1S/C7H5F3N2O/c8-7(9,10)6-2-4(11)1-5(3-13)12-6/h1-3H,(H2,11,12). The summed E-state index contributed by atoms with van der Waals surface area (Å²) in [7, 11) is 0. The molecule has 0 aliphatic rings. The first-order valence-electron chi connectivity index (χ1n) is 3.23. The Morgan fingerprint density at radius 1 is 1.38 bits per heavy atom. The van der Waals surface area contributed by atoms with Gasteiger partial charge in [0.05, 0.1) is 0 Å². The van der Waals surface area contributed by atoms with Crippen LogP contribution >= 0.6 is 0 Å². The Morgan fingerprint density at radius 3 is 2.46 bits per heavy atom. The van der Waals surface area contributed by atoms with Gasteiger partial charge in [0.15, 0.2) is 6.29 Å². The van der Waals surface area contributed by atoms with Crippen molar-refractivity contribution in [1.29, 1.82) is 0 Å². The third kappa shape index (κ3) is 2.17. The number of aromatic nitrogens is 1. The molecular weight excluding hydrogens is 185 g/mol. The molecule has 1 aromatic heterocycles. The highest BCUT2D eigenvalue weighted by atomic mass is 19.4. The third-order valence-corrected chi connectivity index (χ3v) is 1.28. The summed E-state index contributed by atoms with van der Waals surface area (Å²) in [4.78, 5) is 13.2. The van der Waals surface area contributed by atoms with E-state index in [4.69, 9.17) is 5.73 Å². The number of alkyl halides is 3. The van der Waals surface area contributed by atoms with Gasteiger partial charge in [0.25, 0.3) is 0 Å². The number of nitrogens with two attached hydrogens (primary N) is 1. The van der Waals surface area contributed by atoms with E-state index in [0.717, 1.165) is 6.07 Å². The minimum absolute atomic E-state index is 0.135. The van der Waals surface area contributed by atoms with Gasteiger partial charge in [0.1, 0.15) is 11.4 Å². The van der Waals surface area contributed by atoms with Crippen LogP contribution in [0, 0.1) is 0 Å². The van der Waals surface area contributed by atoms with Crippen molar-refractivity contribution in [2.75, 3.05) is 5.73 Å². The summed E-state index contributed by atoms with van der Waals surface area (Å²) in [6.07, 6.45) is -4.36. The van der Waals surface area contributed by atoms with Crippen LogP contribution < -0.4 is 5.73 Å². The Morgan fingerprint density at radius 2 is 2.00 bits per heavy atom. The Bertz CT molecular complexity index is 335. The van der Waals surface area contributed by atoms with E-state index in [0.29, 0.717) is 6.07 Å². The van der Waals surface area contributed by atoms with Crippen LogP contribution in [0.4, 0.5) is 18.9 Å². The normalized spacial score (nSPS) is 11.3. The number of nitrogens with zero attached hydrogens (tertiary/aromatic N) is 1. The number of carbonyl (C=O) groups excluding carboxylic acids is 1. The predicted octanol–water partition coefficient (Wildman–Crippen LogP) is 1.50. The van der Waals surface area contributed by atoms with Crippen molar-refractivity contribution >= 4 is 12.0 Å². The van der Waals surface area contributed by atoms with Gasteiger partial charge in [-0.25, -0.2) is 4.98 Å². The highest BCUT2D eigenvalue weighted by molar-refractivity contribution is 5.73. The lowest BCUT2D eigenvalue weighted by molar-refractivity contribution is -0.141. The number of aldehydes is 1. The Hall–Kier alpha value is -1.59. The number of hydrogen-bond acceptors (Lipinski definition) is 3. The number of pyridine rings is 1. The zero-order valence-electron chi connectivity index (χ0n) is 6.30. The monoisotopic (exact) mass is 190 g/mol. The number of rotatable bonds is 1. The third-order valence-electron chi connectivity index (χ3n) is 1.28. The molecule has 0 bridgehead atoms. The fourth-order valence-corrected chi connectivity index (χ4v) is 0.780. The summed E-state index contributed by atoms with van der Waals surface area (Å²) in [5.74, 6) is 0. The summed E-state index contributed by atoms with van der Waals surface area (Å²) in [6, 6.07) is 1.75. The quantitative estimate of drug-likeness (QED) is 0.682. The molecule has 0 atom stereocenters. The van der Waals surface area contributed by atoms with Crippen molar-refractivity contribution < 1.29 is 18.0 Å². The Kier molecular flexibility index (Phi) is 2.22. The van der Waals surface area contributed by atoms with Crippen molar-refractivity contribution in [3.05, 3.63) is 23.5 Å². The van der Waals surface area contributed by atoms with Crippen LogP contribution in [0.2, 0.25) is 0 Å². The van der Waals surface area contributed by atoms with Crippen molar-refractivity contribution in [1.82, 2.24) is 4.98 Å². The molecule has 6 heteroatoms. The van der Waals surface area contributed by atoms with Crippen LogP contribution in [-0.4, -0.2) is 11.3 Å². The first-order valence-corrected chi connectivity index (χ1v) is 3.23. The van der Waals surface area contributed by atoms with E-state index < -0.39 is 11.9 Å². The molecule has 1 aromatic rings. The largest absolute Gasteiger partial charge is 0.433 e. The van der Waals surface area contributed by atoms with E-state index in [1.807, 2.05) is 0 Å². The molecule has 1 heterocycles. The topological polar surface area (TPSA) is 56.0 Å². The maximum atomic E-state index is 12.1. The van der Waals surface area contributed by atoms with E-state index >= 15 is 0 Å². The SMILES string of the molecule is Nc1cc(C=O)nc(C(F)(F)F)c1. The predicted molar refractivity (Wildman–Crippen MR) is 39.0 cm³/mol. The summed E-state index contributed by atoms with van der Waals surface area (Å²) >= 11 is 0. The average molecular weight is 190 g/mol. The number of carbonyl (C=O) groups is 1. The first kappa shape index (κ1) is 9.50. The van der Waals surface area contributed by atoms with E-state index in [9.17, 15) is 18.0 Å². The second-order valence-corrected chi connectivity index (χ2v) is 2.33. The van der Waals surface area contributed by atoms with Crippen LogP contribution in [0.5, 0.6) is 0 Å². The Balaban J connectivity index is 3.24. The highest BCUT2D eigenvalue weighted by Crippen LogP contribution is 2.28. The molecule has 0 aliphatic carbocycles. The van der Waals surface area contributed by atoms with E-state index in [1.54, 1.807) is 0 Å². The molecule has 3 nitrogen and oxygen atoms in total. The van der Waals surface area contributed by atoms with Crippen molar-refractivity contribution in [2.45, 2.75) is 6.18 Å². The van der Waals surface area contributed by atoms with Crippen molar-refractivity contribution in [2.24, 2.45) is 0 Å². The van der Waals surface area contributed by atoms with Crippen LogP contribution in [0.1, 0.15) is 16.2 Å². The number of halogens is 3. The van der Waals surface area contributed by atoms with Gasteiger partial charge in [-0.2, -0.15) is 13.2 Å². The molecule has 1 rings (SSSR count). The van der Waals surface area contributed by atoms with Crippen LogP contribution in [-0.2, 0) is 6.18 Å². The molecule has 0 aliphatic heterocycles. The molecule has 70 valence electrons. The highest BCUT2D eigenvalue weighted by Gasteiger charge is 2.32. The molecular formula is C7H5F3N2O. The van der Waals surface area contributed by atoms with Gasteiger partial charge in [0.2, 0.25) is 0 Å². The molecule has 0 amide bonds. The van der Waals surface area contributed by atoms with Gasteiger partial charge in [0, 0.05) is 5.69 Å². The maximum absolute atomic E-state index is 12.1. The van der Waals surface area contributed by atoms with Gasteiger partial charge in [-0.3, -0.25) is 4.79 Å². The molecule has 0 saturated heterocycles. The van der Waals surface area contributed by atoms with E-state index in [1.165, 1.54) is 0 Å². The van der Waals surface area contributed by atoms with Gasteiger partial charge >= 0.3 is 6.18 Å². The molecule has 0 saturated carbocycles. The van der Waals surface area contributed by atoms with Gasteiger partial charge in [-0.1, -0.05) is 0 Å². The molecule has 0 radical (unpaired) electrons. The van der Waals surface area contributed by atoms with Crippen LogP contribution in [0.3, 0.4) is 0 Å². The first-order chi connectivity index (χ1) is 5.93. The zero-order chi connectivity index (χ0) is 10.1. The van der Waals surface area contributed by atoms with Crippen molar-refractivity contribution in [3.8, 4) is 0 Å². The smallest absolute Gasteiger partial charge is 0.399 e.